The molecule has 2 aromatic rings. The van der Waals surface area contributed by atoms with Gasteiger partial charge < -0.3 is 0 Å². The molecule has 0 aliphatic heterocycles. The highest BCUT2D eigenvalue weighted by atomic mass is 35.5. The number of rotatable bonds is 3. The molecule has 0 unspecified atom stereocenters. The lowest BCUT2D eigenvalue weighted by molar-refractivity contribution is 0.104. The predicted molar refractivity (Wildman–Crippen MR) is 69.1 cm³/mol. The molecule has 17 heavy (non-hydrogen) atoms. The maximum absolute atomic E-state index is 11.8. The molecule has 84 valence electrons. The van der Waals surface area contributed by atoms with Gasteiger partial charge in [0.2, 0.25) is 0 Å². The van der Waals surface area contributed by atoms with E-state index in [1.807, 2.05) is 18.2 Å². The van der Waals surface area contributed by atoms with Crippen molar-refractivity contribution < 1.29 is 4.79 Å². The Morgan fingerprint density at radius 1 is 1.12 bits per heavy atom. The standard InChI is InChI=1S/C14H10ClNO/c15-12-6-4-11(5-7-12)14(17)9-8-13-3-1-2-10-16-13/h1-10H/b9-8-. The van der Waals surface area contributed by atoms with Crippen LogP contribution in [-0.2, 0) is 0 Å². The number of carbonyl (C=O) groups excluding carboxylic acids is 1. The molecule has 0 aliphatic rings. The maximum atomic E-state index is 11.8. The summed E-state index contributed by atoms with van der Waals surface area (Å²) < 4.78 is 0. The van der Waals surface area contributed by atoms with E-state index in [9.17, 15) is 4.79 Å². The highest BCUT2D eigenvalue weighted by Crippen LogP contribution is 2.10. The molecule has 1 aromatic carbocycles. The van der Waals surface area contributed by atoms with Gasteiger partial charge in [-0.15, -0.1) is 0 Å². The fourth-order valence-electron chi connectivity index (χ4n) is 1.35. The minimum atomic E-state index is -0.0627. The van der Waals surface area contributed by atoms with E-state index in [0.29, 0.717) is 10.6 Å². The zero-order chi connectivity index (χ0) is 12.1. The summed E-state index contributed by atoms with van der Waals surface area (Å²) in [4.78, 5) is 15.9. The van der Waals surface area contributed by atoms with Crippen LogP contribution in [0.15, 0.2) is 54.7 Å². The van der Waals surface area contributed by atoms with E-state index in [1.54, 1.807) is 36.5 Å². The summed E-state index contributed by atoms with van der Waals surface area (Å²) in [7, 11) is 0. The van der Waals surface area contributed by atoms with E-state index < -0.39 is 0 Å². The number of carbonyl (C=O) groups is 1. The smallest absolute Gasteiger partial charge is 0.185 e. The molecule has 0 fully saturated rings. The average molecular weight is 244 g/mol. The van der Waals surface area contributed by atoms with Crippen LogP contribution in [0.5, 0.6) is 0 Å². The van der Waals surface area contributed by atoms with Crippen LogP contribution < -0.4 is 0 Å². The molecule has 0 radical (unpaired) electrons. The van der Waals surface area contributed by atoms with Crippen LogP contribution in [0.1, 0.15) is 16.1 Å². The van der Waals surface area contributed by atoms with Gasteiger partial charge in [0.25, 0.3) is 0 Å². The molecule has 1 aromatic heterocycles. The van der Waals surface area contributed by atoms with Crippen molar-refractivity contribution in [1.29, 1.82) is 0 Å². The Balaban J connectivity index is 2.12. The summed E-state index contributed by atoms with van der Waals surface area (Å²) in [6.45, 7) is 0. The fraction of sp³-hybridized carbons (Fsp3) is 0. The molecule has 0 bridgehead atoms. The summed E-state index contributed by atoms with van der Waals surface area (Å²) in [6, 6.07) is 12.3. The van der Waals surface area contributed by atoms with Crippen molar-refractivity contribution in [2.75, 3.05) is 0 Å². The molecule has 2 nitrogen and oxygen atoms in total. The second kappa shape index (κ2) is 5.41. The molecule has 1 heterocycles. The molecule has 3 heteroatoms. The van der Waals surface area contributed by atoms with Crippen LogP contribution in [0, 0.1) is 0 Å². The van der Waals surface area contributed by atoms with Gasteiger partial charge in [0.15, 0.2) is 5.78 Å². The zero-order valence-electron chi connectivity index (χ0n) is 9.01. The average Bonchev–Trinajstić information content (AvgIpc) is 2.38. The summed E-state index contributed by atoms with van der Waals surface area (Å²) in [5, 5.41) is 0.621. The number of hydrogen-bond acceptors (Lipinski definition) is 2. The second-order valence-corrected chi connectivity index (χ2v) is 3.90. The Morgan fingerprint density at radius 3 is 2.53 bits per heavy atom. The van der Waals surface area contributed by atoms with Gasteiger partial charge in [-0.25, -0.2) is 0 Å². The van der Waals surface area contributed by atoms with Crippen molar-refractivity contribution in [1.82, 2.24) is 4.98 Å². The van der Waals surface area contributed by atoms with Crippen molar-refractivity contribution in [2.24, 2.45) is 0 Å². The molecule has 0 spiro atoms. The fourth-order valence-corrected chi connectivity index (χ4v) is 1.47. The molecule has 0 aliphatic carbocycles. The highest BCUT2D eigenvalue weighted by molar-refractivity contribution is 6.30. The van der Waals surface area contributed by atoms with Gasteiger partial charge in [-0.05, 0) is 48.6 Å². The van der Waals surface area contributed by atoms with Crippen molar-refractivity contribution in [2.45, 2.75) is 0 Å². The van der Waals surface area contributed by atoms with E-state index in [-0.39, 0.29) is 5.78 Å². The first kappa shape index (κ1) is 11.6. The summed E-state index contributed by atoms with van der Waals surface area (Å²) >= 11 is 5.75. The summed E-state index contributed by atoms with van der Waals surface area (Å²) in [5.74, 6) is -0.0627. The predicted octanol–water partition coefficient (Wildman–Crippen LogP) is 3.63. The molecule has 2 rings (SSSR count). The van der Waals surface area contributed by atoms with Gasteiger partial charge in [-0.1, -0.05) is 17.7 Å². The molecule has 0 saturated carbocycles. The number of hydrogen-bond donors (Lipinski definition) is 0. The van der Waals surface area contributed by atoms with Gasteiger partial charge in [0.05, 0.1) is 5.69 Å². The maximum Gasteiger partial charge on any atom is 0.185 e. The molecular formula is C14H10ClNO. The van der Waals surface area contributed by atoms with Crippen molar-refractivity contribution >= 4 is 23.5 Å². The quantitative estimate of drug-likeness (QED) is 0.609. The Hall–Kier alpha value is -1.93. The number of halogens is 1. The number of pyridine rings is 1. The van der Waals surface area contributed by atoms with Crippen molar-refractivity contribution in [3.8, 4) is 0 Å². The number of nitrogens with zero attached hydrogens (tertiary/aromatic N) is 1. The molecular weight excluding hydrogens is 234 g/mol. The normalized spacial score (nSPS) is 10.6. The first-order chi connectivity index (χ1) is 8.25. The lowest BCUT2D eigenvalue weighted by Gasteiger charge is -1.95. The van der Waals surface area contributed by atoms with E-state index in [0.717, 1.165) is 5.69 Å². The first-order valence-corrected chi connectivity index (χ1v) is 5.52. The minimum absolute atomic E-state index is 0.0627. The van der Waals surface area contributed by atoms with E-state index in [4.69, 9.17) is 11.6 Å². The van der Waals surface area contributed by atoms with Crippen LogP contribution in [-0.4, -0.2) is 10.8 Å². The van der Waals surface area contributed by atoms with E-state index >= 15 is 0 Å². The Morgan fingerprint density at radius 2 is 1.88 bits per heavy atom. The van der Waals surface area contributed by atoms with Crippen LogP contribution in [0.4, 0.5) is 0 Å². The monoisotopic (exact) mass is 243 g/mol. The van der Waals surface area contributed by atoms with Crippen LogP contribution >= 0.6 is 11.6 Å². The van der Waals surface area contributed by atoms with E-state index in [1.165, 1.54) is 6.08 Å². The van der Waals surface area contributed by atoms with Crippen molar-refractivity contribution in [3.05, 3.63) is 71.0 Å². The summed E-state index contributed by atoms with van der Waals surface area (Å²) in [6.07, 6.45) is 4.88. The number of allylic oxidation sites excluding steroid dienone is 1. The topological polar surface area (TPSA) is 30.0 Å². The third kappa shape index (κ3) is 3.26. The molecule has 0 amide bonds. The zero-order valence-corrected chi connectivity index (χ0v) is 9.76. The number of aromatic nitrogens is 1. The number of ketones is 1. The van der Waals surface area contributed by atoms with Gasteiger partial charge in [0.1, 0.15) is 0 Å². The minimum Gasteiger partial charge on any atom is -0.289 e. The molecule has 0 saturated heterocycles. The van der Waals surface area contributed by atoms with Crippen molar-refractivity contribution in [3.63, 3.8) is 0 Å². The molecule has 0 atom stereocenters. The highest BCUT2D eigenvalue weighted by Gasteiger charge is 2.00. The number of benzene rings is 1. The van der Waals surface area contributed by atoms with Gasteiger partial charge >= 0.3 is 0 Å². The lowest BCUT2D eigenvalue weighted by atomic mass is 10.1. The Bertz CT molecular complexity index is 532. The largest absolute Gasteiger partial charge is 0.289 e. The van der Waals surface area contributed by atoms with Gasteiger partial charge in [0, 0.05) is 16.8 Å². The van der Waals surface area contributed by atoms with Gasteiger partial charge in [-0.3, -0.25) is 9.78 Å². The second-order valence-electron chi connectivity index (χ2n) is 3.46. The van der Waals surface area contributed by atoms with Crippen LogP contribution in [0.3, 0.4) is 0 Å². The van der Waals surface area contributed by atoms with Gasteiger partial charge in [-0.2, -0.15) is 0 Å². The third-order valence-corrected chi connectivity index (χ3v) is 2.47. The lowest BCUT2D eigenvalue weighted by Crippen LogP contribution is -1.93. The third-order valence-electron chi connectivity index (χ3n) is 2.22. The SMILES string of the molecule is O=C(/C=C\c1ccccn1)c1ccc(Cl)cc1. The van der Waals surface area contributed by atoms with E-state index in [2.05, 4.69) is 4.98 Å². The first-order valence-electron chi connectivity index (χ1n) is 5.15. The Labute approximate surface area is 105 Å². The Kier molecular flexibility index (Phi) is 3.68. The molecule has 0 N–H and O–H groups in total. The van der Waals surface area contributed by atoms with Crippen LogP contribution in [0.25, 0.3) is 6.08 Å². The summed E-state index contributed by atoms with van der Waals surface area (Å²) in [5.41, 5.74) is 1.37. The van der Waals surface area contributed by atoms with Crippen LogP contribution in [0.2, 0.25) is 5.02 Å².